The van der Waals surface area contributed by atoms with Crippen LogP contribution in [0, 0.1) is 0 Å². The lowest BCUT2D eigenvalue weighted by molar-refractivity contribution is 0.203. The number of thiophene rings is 1. The molecule has 2 aromatic rings. The normalized spacial score (nSPS) is 11.4. The minimum absolute atomic E-state index is 0.485. The van der Waals surface area contributed by atoms with Crippen LogP contribution in [0.5, 0.6) is 0 Å². The van der Waals surface area contributed by atoms with Gasteiger partial charge in [-0.05, 0) is 25.3 Å². The standard InChI is InChI=1S/C12H18N4S2/c1-9(2)16(7-10-5-4-6-17-10)8-11-12(13-3)18-15-14-11/h4-6,9,13H,7-8H2,1-3H3. The molecule has 98 valence electrons. The lowest BCUT2D eigenvalue weighted by Gasteiger charge is -2.25. The van der Waals surface area contributed by atoms with Crippen LogP contribution >= 0.6 is 22.9 Å². The molecule has 6 heteroatoms. The van der Waals surface area contributed by atoms with Crippen molar-refractivity contribution in [1.82, 2.24) is 14.5 Å². The van der Waals surface area contributed by atoms with Crippen LogP contribution in [0.2, 0.25) is 0 Å². The van der Waals surface area contributed by atoms with Gasteiger partial charge in [-0.2, -0.15) is 0 Å². The van der Waals surface area contributed by atoms with Gasteiger partial charge in [0.2, 0.25) is 0 Å². The molecule has 4 nitrogen and oxygen atoms in total. The van der Waals surface area contributed by atoms with Gasteiger partial charge in [-0.25, -0.2) is 0 Å². The second-order valence-corrected chi connectivity index (χ2v) is 6.16. The Labute approximate surface area is 116 Å². The molecule has 0 unspecified atom stereocenters. The third-order valence-electron chi connectivity index (χ3n) is 2.80. The molecule has 0 aliphatic heterocycles. The molecule has 0 aliphatic rings. The first kappa shape index (κ1) is 13.5. The number of nitrogens with zero attached hydrogens (tertiary/aromatic N) is 3. The summed E-state index contributed by atoms with van der Waals surface area (Å²) in [6.45, 7) is 6.23. The van der Waals surface area contributed by atoms with E-state index in [0.717, 1.165) is 23.8 Å². The minimum Gasteiger partial charge on any atom is -0.377 e. The number of rotatable bonds is 6. The van der Waals surface area contributed by atoms with Crippen LogP contribution in [0.4, 0.5) is 5.00 Å². The van der Waals surface area contributed by atoms with Gasteiger partial charge in [0.05, 0.1) is 0 Å². The van der Waals surface area contributed by atoms with Gasteiger partial charge in [-0.1, -0.05) is 10.6 Å². The first-order valence-electron chi connectivity index (χ1n) is 5.96. The van der Waals surface area contributed by atoms with E-state index in [0.29, 0.717) is 6.04 Å². The third-order valence-corrected chi connectivity index (χ3v) is 4.45. The number of anilines is 1. The highest BCUT2D eigenvalue weighted by atomic mass is 32.1. The Morgan fingerprint density at radius 3 is 2.83 bits per heavy atom. The van der Waals surface area contributed by atoms with Crippen LogP contribution in [0.3, 0.4) is 0 Å². The quantitative estimate of drug-likeness (QED) is 0.884. The predicted octanol–water partition coefficient (Wildman–Crippen LogP) is 3.05. The summed E-state index contributed by atoms with van der Waals surface area (Å²) in [6, 6.07) is 4.76. The van der Waals surface area contributed by atoms with Crippen LogP contribution in [0.1, 0.15) is 24.4 Å². The van der Waals surface area contributed by atoms with Crippen molar-refractivity contribution in [3.05, 3.63) is 28.1 Å². The van der Waals surface area contributed by atoms with Crippen LogP contribution in [0.25, 0.3) is 0 Å². The lowest BCUT2D eigenvalue weighted by atomic mass is 10.2. The Hall–Kier alpha value is -0.980. The van der Waals surface area contributed by atoms with Gasteiger partial charge in [0.1, 0.15) is 10.7 Å². The Morgan fingerprint density at radius 2 is 2.22 bits per heavy atom. The molecule has 0 aliphatic carbocycles. The van der Waals surface area contributed by atoms with E-state index < -0.39 is 0 Å². The largest absolute Gasteiger partial charge is 0.377 e. The minimum atomic E-state index is 0.485. The Balaban J connectivity index is 2.07. The molecule has 0 bridgehead atoms. The molecular weight excluding hydrogens is 264 g/mol. The highest BCUT2D eigenvalue weighted by Crippen LogP contribution is 2.21. The molecule has 0 fully saturated rings. The number of nitrogens with one attached hydrogen (secondary N) is 1. The Bertz CT molecular complexity index is 464. The van der Waals surface area contributed by atoms with Gasteiger partial charge < -0.3 is 5.32 Å². The summed E-state index contributed by atoms with van der Waals surface area (Å²) in [5.41, 5.74) is 1.03. The van der Waals surface area contributed by atoms with Crippen molar-refractivity contribution in [3.8, 4) is 0 Å². The van der Waals surface area contributed by atoms with Gasteiger partial charge in [0.25, 0.3) is 0 Å². The molecule has 2 aromatic heterocycles. The maximum atomic E-state index is 4.21. The van der Waals surface area contributed by atoms with E-state index in [4.69, 9.17) is 0 Å². The van der Waals surface area contributed by atoms with Crippen molar-refractivity contribution in [2.24, 2.45) is 0 Å². The predicted molar refractivity (Wildman–Crippen MR) is 78.2 cm³/mol. The number of aromatic nitrogens is 2. The lowest BCUT2D eigenvalue weighted by Crippen LogP contribution is -2.29. The Morgan fingerprint density at radius 1 is 1.39 bits per heavy atom. The van der Waals surface area contributed by atoms with E-state index in [-0.39, 0.29) is 0 Å². The van der Waals surface area contributed by atoms with E-state index in [2.05, 4.69) is 51.2 Å². The van der Waals surface area contributed by atoms with Gasteiger partial charge >= 0.3 is 0 Å². The van der Waals surface area contributed by atoms with Crippen LogP contribution in [-0.2, 0) is 13.1 Å². The van der Waals surface area contributed by atoms with E-state index in [9.17, 15) is 0 Å². The molecule has 0 saturated heterocycles. The molecule has 0 spiro atoms. The van der Waals surface area contributed by atoms with E-state index in [1.807, 2.05) is 7.05 Å². The topological polar surface area (TPSA) is 41.1 Å². The highest BCUT2D eigenvalue weighted by molar-refractivity contribution is 7.10. The summed E-state index contributed by atoms with van der Waals surface area (Å²) >= 11 is 3.22. The summed E-state index contributed by atoms with van der Waals surface area (Å²) in [6.07, 6.45) is 0. The third kappa shape index (κ3) is 3.28. The zero-order valence-electron chi connectivity index (χ0n) is 10.9. The molecule has 0 atom stereocenters. The molecule has 2 rings (SSSR count). The maximum Gasteiger partial charge on any atom is 0.134 e. The van der Waals surface area contributed by atoms with Crippen LogP contribution in [-0.4, -0.2) is 27.6 Å². The highest BCUT2D eigenvalue weighted by Gasteiger charge is 2.15. The first-order chi connectivity index (χ1) is 8.70. The molecule has 18 heavy (non-hydrogen) atoms. The average Bonchev–Trinajstić information content (AvgIpc) is 2.98. The van der Waals surface area contributed by atoms with E-state index in [1.54, 1.807) is 11.3 Å². The van der Waals surface area contributed by atoms with Crippen LogP contribution in [0.15, 0.2) is 17.5 Å². The van der Waals surface area contributed by atoms with Gasteiger partial charge in [-0.15, -0.1) is 16.4 Å². The van der Waals surface area contributed by atoms with Crippen molar-refractivity contribution in [3.63, 3.8) is 0 Å². The second-order valence-electron chi connectivity index (χ2n) is 4.38. The molecule has 2 heterocycles. The summed E-state index contributed by atoms with van der Waals surface area (Å²) in [5.74, 6) is 0. The molecule has 0 amide bonds. The molecule has 0 saturated carbocycles. The van der Waals surface area contributed by atoms with E-state index >= 15 is 0 Å². The summed E-state index contributed by atoms with van der Waals surface area (Å²) < 4.78 is 4.01. The fourth-order valence-corrected chi connectivity index (χ4v) is 2.97. The second kappa shape index (κ2) is 6.26. The van der Waals surface area contributed by atoms with Crippen LogP contribution < -0.4 is 5.32 Å². The molecule has 1 N–H and O–H groups in total. The monoisotopic (exact) mass is 282 g/mol. The van der Waals surface area contributed by atoms with Crippen molar-refractivity contribution in [1.29, 1.82) is 0 Å². The van der Waals surface area contributed by atoms with Gasteiger partial charge in [0.15, 0.2) is 0 Å². The summed E-state index contributed by atoms with van der Waals surface area (Å²) in [5, 5.41) is 10.5. The van der Waals surface area contributed by atoms with Crippen molar-refractivity contribution in [2.45, 2.75) is 33.0 Å². The fraction of sp³-hybridized carbons (Fsp3) is 0.500. The van der Waals surface area contributed by atoms with Crippen molar-refractivity contribution < 1.29 is 0 Å². The molecule has 0 radical (unpaired) electrons. The fourth-order valence-electron chi connectivity index (χ4n) is 1.72. The smallest absolute Gasteiger partial charge is 0.134 e. The first-order valence-corrected chi connectivity index (χ1v) is 7.61. The number of hydrogen-bond donors (Lipinski definition) is 1. The average molecular weight is 282 g/mol. The van der Waals surface area contributed by atoms with Crippen molar-refractivity contribution >= 4 is 27.9 Å². The summed E-state index contributed by atoms with van der Waals surface area (Å²) in [7, 11) is 1.91. The number of hydrogen-bond acceptors (Lipinski definition) is 6. The summed E-state index contributed by atoms with van der Waals surface area (Å²) in [4.78, 5) is 3.79. The zero-order valence-corrected chi connectivity index (χ0v) is 12.5. The van der Waals surface area contributed by atoms with E-state index in [1.165, 1.54) is 16.4 Å². The Kier molecular flexibility index (Phi) is 4.68. The van der Waals surface area contributed by atoms with Gasteiger partial charge in [-0.3, -0.25) is 4.90 Å². The zero-order chi connectivity index (χ0) is 13.0. The maximum absolute atomic E-state index is 4.21. The molecular formula is C12H18N4S2. The molecule has 0 aromatic carbocycles. The van der Waals surface area contributed by atoms with Crippen molar-refractivity contribution in [2.75, 3.05) is 12.4 Å². The SMILES string of the molecule is CNc1snnc1CN(Cc1cccs1)C(C)C. The van der Waals surface area contributed by atoms with Gasteiger partial charge in [0, 0.05) is 42.6 Å².